The van der Waals surface area contributed by atoms with Crippen molar-refractivity contribution in [3.8, 4) is 0 Å². The number of halogens is 1. The molecule has 2 aromatic heterocycles. The first-order valence-corrected chi connectivity index (χ1v) is 9.09. The van der Waals surface area contributed by atoms with Crippen LogP contribution in [0, 0.1) is 13.8 Å². The van der Waals surface area contributed by atoms with Crippen molar-refractivity contribution < 1.29 is 4.79 Å². The SMILES string of the molecule is Cc1sc2ncn(CC(=O)N/N=C/c3ccc(Br)cc3)c(=O)c2c1C. The molecule has 8 heteroatoms. The van der Waals surface area contributed by atoms with Crippen LogP contribution < -0.4 is 11.0 Å². The maximum absolute atomic E-state index is 12.5. The van der Waals surface area contributed by atoms with Crippen LogP contribution in [0.4, 0.5) is 0 Å². The number of benzene rings is 1. The fourth-order valence-electron chi connectivity index (χ4n) is 2.30. The predicted molar refractivity (Wildman–Crippen MR) is 103 cm³/mol. The molecule has 0 unspecified atom stereocenters. The molecular formula is C17H15BrN4O2S. The summed E-state index contributed by atoms with van der Waals surface area (Å²) in [6.45, 7) is 3.72. The number of fused-ring (bicyclic) bond motifs is 1. The number of nitrogens with one attached hydrogen (secondary N) is 1. The van der Waals surface area contributed by atoms with Gasteiger partial charge in [0.25, 0.3) is 11.5 Å². The Morgan fingerprint density at radius 2 is 2.08 bits per heavy atom. The van der Waals surface area contributed by atoms with E-state index in [4.69, 9.17) is 0 Å². The van der Waals surface area contributed by atoms with Gasteiger partial charge in [0.05, 0.1) is 17.9 Å². The Morgan fingerprint density at radius 3 is 2.80 bits per heavy atom. The number of hydrazone groups is 1. The van der Waals surface area contributed by atoms with Gasteiger partial charge in [0.15, 0.2) is 0 Å². The minimum Gasteiger partial charge on any atom is -0.289 e. The number of amides is 1. The van der Waals surface area contributed by atoms with E-state index in [0.717, 1.165) is 20.5 Å². The van der Waals surface area contributed by atoms with Crippen LogP contribution in [0.2, 0.25) is 0 Å². The predicted octanol–water partition coefficient (Wildman–Crippen LogP) is 2.99. The van der Waals surface area contributed by atoms with E-state index in [1.807, 2.05) is 38.1 Å². The van der Waals surface area contributed by atoms with Gasteiger partial charge in [-0.2, -0.15) is 5.10 Å². The van der Waals surface area contributed by atoms with Crippen molar-refractivity contribution in [3.05, 3.63) is 61.4 Å². The average molecular weight is 419 g/mol. The maximum atomic E-state index is 12.5. The number of thiophene rings is 1. The van der Waals surface area contributed by atoms with E-state index in [2.05, 4.69) is 31.4 Å². The van der Waals surface area contributed by atoms with Crippen molar-refractivity contribution in [2.75, 3.05) is 0 Å². The number of hydrogen-bond donors (Lipinski definition) is 1. The van der Waals surface area contributed by atoms with Gasteiger partial charge in [0.2, 0.25) is 0 Å². The van der Waals surface area contributed by atoms with Gasteiger partial charge in [-0.05, 0) is 37.1 Å². The molecule has 0 saturated heterocycles. The number of nitrogens with zero attached hydrogens (tertiary/aromatic N) is 3. The number of rotatable bonds is 4. The highest BCUT2D eigenvalue weighted by Crippen LogP contribution is 2.25. The first-order chi connectivity index (χ1) is 12.0. The third-order valence-electron chi connectivity index (χ3n) is 3.74. The molecule has 0 spiro atoms. The Labute approximate surface area is 156 Å². The second-order valence-corrected chi connectivity index (χ2v) is 7.60. The number of hydrogen-bond acceptors (Lipinski definition) is 5. The zero-order valence-corrected chi connectivity index (χ0v) is 16.0. The zero-order valence-electron chi connectivity index (χ0n) is 13.6. The number of carbonyl (C=O) groups is 1. The molecule has 0 fully saturated rings. The molecule has 0 aliphatic carbocycles. The van der Waals surface area contributed by atoms with Crippen LogP contribution in [0.25, 0.3) is 10.2 Å². The summed E-state index contributed by atoms with van der Waals surface area (Å²) in [5, 5.41) is 4.49. The summed E-state index contributed by atoms with van der Waals surface area (Å²) in [7, 11) is 0. The summed E-state index contributed by atoms with van der Waals surface area (Å²) in [6, 6.07) is 7.50. The molecule has 0 saturated carbocycles. The highest BCUT2D eigenvalue weighted by atomic mass is 79.9. The van der Waals surface area contributed by atoms with E-state index in [-0.39, 0.29) is 18.0 Å². The summed E-state index contributed by atoms with van der Waals surface area (Å²) in [6.07, 6.45) is 2.94. The van der Waals surface area contributed by atoms with E-state index < -0.39 is 0 Å². The minimum absolute atomic E-state index is 0.131. The molecule has 0 atom stereocenters. The monoisotopic (exact) mass is 418 g/mol. The molecule has 6 nitrogen and oxygen atoms in total. The first-order valence-electron chi connectivity index (χ1n) is 7.48. The van der Waals surface area contributed by atoms with Gasteiger partial charge < -0.3 is 0 Å². The second kappa shape index (κ2) is 7.28. The molecule has 2 heterocycles. The van der Waals surface area contributed by atoms with Crippen LogP contribution in [0.1, 0.15) is 16.0 Å². The lowest BCUT2D eigenvalue weighted by Crippen LogP contribution is -2.30. The second-order valence-electron chi connectivity index (χ2n) is 5.49. The molecule has 25 heavy (non-hydrogen) atoms. The fourth-order valence-corrected chi connectivity index (χ4v) is 3.55. The van der Waals surface area contributed by atoms with Gasteiger partial charge in [0.1, 0.15) is 11.4 Å². The molecule has 3 aromatic rings. The lowest BCUT2D eigenvalue weighted by atomic mass is 10.2. The van der Waals surface area contributed by atoms with E-state index in [1.54, 1.807) is 6.21 Å². The van der Waals surface area contributed by atoms with Gasteiger partial charge in [0, 0.05) is 9.35 Å². The van der Waals surface area contributed by atoms with Crippen molar-refractivity contribution in [1.29, 1.82) is 0 Å². The van der Waals surface area contributed by atoms with E-state index in [1.165, 1.54) is 22.2 Å². The highest BCUT2D eigenvalue weighted by molar-refractivity contribution is 9.10. The van der Waals surface area contributed by atoms with Crippen molar-refractivity contribution in [2.24, 2.45) is 5.10 Å². The molecule has 1 N–H and O–H groups in total. The van der Waals surface area contributed by atoms with Crippen LogP contribution in [-0.4, -0.2) is 21.7 Å². The molecule has 128 valence electrons. The molecule has 1 aromatic carbocycles. The lowest BCUT2D eigenvalue weighted by molar-refractivity contribution is -0.121. The van der Waals surface area contributed by atoms with Crippen LogP contribution >= 0.6 is 27.3 Å². The highest BCUT2D eigenvalue weighted by Gasteiger charge is 2.13. The number of aromatic nitrogens is 2. The van der Waals surface area contributed by atoms with Crippen LogP contribution in [0.5, 0.6) is 0 Å². The Morgan fingerprint density at radius 1 is 1.36 bits per heavy atom. The molecule has 3 rings (SSSR count). The Hall–Kier alpha value is -2.32. The molecule has 0 bridgehead atoms. The molecule has 0 aliphatic heterocycles. The Kier molecular flexibility index (Phi) is 5.10. The summed E-state index contributed by atoms with van der Waals surface area (Å²) in [4.78, 5) is 30.6. The number of carbonyl (C=O) groups excluding carboxylic acids is 1. The molecular weight excluding hydrogens is 404 g/mol. The van der Waals surface area contributed by atoms with E-state index >= 15 is 0 Å². The molecule has 1 amide bonds. The summed E-state index contributed by atoms with van der Waals surface area (Å²) in [5.41, 5.74) is 3.99. The topological polar surface area (TPSA) is 76.3 Å². The van der Waals surface area contributed by atoms with Crippen molar-refractivity contribution in [2.45, 2.75) is 20.4 Å². The van der Waals surface area contributed by atoms with Crippen LogP contribution in [0.15, 0.2) is 45.0 Å². The molecule has 0 aliphatic rings. The van der Waals surface area contributed by atoms with Crippen molar-refractivity contribution in [3.63, 3.8) is 0 Å². The lowest BCUT2D eigenvalue weighted by Gasteiger charge is -2.04. The minimum atomic E-state index is -0.388. The van der Waals surface area contributed by atoms with Gasteiger partial charge in [-0.3, -0.25) is 14.2 Å². The Bertz CT molecular complexity index is 1020. The van der Waals surface area contributed by atoms with Gasteiger partial charge in [-0.15, -0.1) is 11.3 Å². The van der Waals surface area contributed by atoms with Crippen molar-refractivity contribution in [1.82, 2.24) is 15.0 Å². The Balaban J connectivity index is 1.71. The van der Waals surface area contributed by atoms with Gasteiger partial charge in [-0.1, -0.05) is 28.1 Å². The van der Waals surface area contributed by atoms with E-state index in [0.29, 0.717) is 10.2 Å². The summed E-state index contributed by atoms with van der Waals surface area (Å²) in [5.74, 6) is -0.388. The smallest absolute Gasteiger partial charge is 0.262 e. The third-order valence-corrected chi connectivity index (χ3v) is 5.39. The zero-order chi connectivity index (χ0) is 18.0. The first kappa shape index (κ1) is 17.5. The third kappa shape index (κ3) is 3.85. The molecule has 0 radical (unpaired) electrons. The largest absolute Gasteiger partial charge is 0.289 e. The fraction of sp³-hybridized carbons (Fsp3) is 0.176. The van der Waals surface area contributed by atoms with Crippen LogP contribution in [-0.2, 0) is 11.3 Å². The standard InChI is InChI=1S/C17H15BrN4O2S/c1-10-11(2)25-16-15(10)17(24)22(9-19-16)8-14(23)21-20-7-12-3-5-13(18)6-4-12/h3-7,9H,8H2,1-2H3,(H,21,23)/b20-7+. The van der Waals surface area contributed by atoms with Gasteiger partial charge >= 0.3 is 0 Å². The van der Waals surface area contributed by atoms with Crippen molar-refractivity contribution >= 4 is 49.6 Å². The van der Waals surface area contributed by atoms with E-state index in [9.17, 15) is 9.59 Å². The van der Waals surface area contributed by atoms with Crippen LogP contribution in [0.3, 0.4) is 0 Å². The summed E-state index contributed by atoms with van der Waals surface area (Å²) >= 11 is 4.83. The average Bonchev–Trinajstić information content (AvgIpc) is 2.87. The maximum Gasteiger partial charge on any atom is 0.262 e. The number of aryl methyl sites for hydroxylation is 2. The quantitative estimate of drug-likeness (QED) is 0.522. The normalized spacial score (nSPS) is 11.3. The van der Waals surface area contributed by atoms with Gasteiger partial charge in [-0.25, -0.2) is 10.4 Å². The summed E-state index contributed by atoms with van der Waals surface area (Å²) < 4.78 is 2.27.